The van der Waals surface area contributed by atoms with Crippen molar-refractivity contribution >= 4 is 24.0 Å². The molecule has 2 aromatic rings. The van der Waals surface area contributed by atoms with Gasteiger partial charge in [0.1, 0.15) is 5.75 Å². The van der Waals surface area contributed by atoms with E-state index in [2.05, 4.69) is 20.9 Å². The lowest BCUT2D eigenvalue weighted by molar-refractivity contribution is -0.153. The molecule has 28 heavy (non-hydrogen) atoms. The summed E-state index contributed by atoms with van der Waals surface area (Å²) in [7, 11) is 0. The molecule has 11 heteroatoms. The van der Waals surface area contributed by atoms with Gasteiger partial charge in [-0.15, -0.1) is 17.5 Å². The molecule has 0 aliphatic carbocycles. The highest BCUT2D eigenvalue weighted by atomic mass is 35.5. The number of rotatable bonds is 5. The van der Waals surface area contributed by atoms with Crippen LogP contribution in [0.15, 0.2) is 24.4 Å². The van der Waals surface area contributed by atoms with E-state index in [-0.39, 0.29) is 29.9 Å². The number of nitrogens with zero attached hydrogens (tertiary/aromatic N) is 3. The van der Waals surface area contributed by atoms with E-state index in [1.807, 2.05) is 0 Å². The first kappa shape index (κ1) is 22.0. The van der Waals surface area contributed by atoms with E-state index >= 15 is 0 Å². The van der Waals surface area contributed by atoms with Gasteiger partial charge in [0.25, 0.3) is 5.91 Å². The largest absolute Gasteiger partial charge is 0.484 e. The molecule has 1 saturated heterocycles. The van der Waals surface area contributed by atoms with Crippen LogP contribution < -0.4 is 15.4 Å². The van der Waals surface area contributed by atoms with Gasteiger partial charge in [-0.05, 0) is 45.0 Å². The number of nitrogens with one attached hydrogen (secondary N) is 2. The van der Waals surface area contributed by atoms with Crippen molar-refractivity contribution in [2.45, 2.75) is 32.0 Å². The maximum Gasteiger partial charge on any atom is 0.422 e. The lowest BCUT2D eigenvalue weighted by atomic mass is 10.1. The third kappa shape index (κ3) is 5.59. The molecule has 7 nitrogen and oxygen atoms in total. The quantitative estimate of drug-likeness (QED) is 0.778. The van der Waals surface area contributed by atoms with Crippen LogP contribution in [0.5, 0.6) is 5.75 Å². The molecule has 0 radical (unpaired) electrons. The number of amides is 1. The first-order chi connectivity index (χ1) is 12.8. The number of ether oxygens (including phenoxy) is 1. The lowest BCUT2D eigenvalue weighted by Gasteiger charge is -2.22. The van der Waals surface area contributed by atoms with Crippen LogP contribution >= 0.6 is 12.4 Å². The van der Waals surface area contributed by atoms with Gasteiger partial charge < -0.3 is 15.4 Å². The van der Waals surface area contributed by atoms with Crippen molar-refractivity contribution in [2.24, 2.45) is 0 Å². The lowest BCUT2D eigenvalue weighted by Crippen LogP contribution is -2.29. The van der Waals surface area contributed by atoms with Gasteiger partial charge in [0.15, 0.2) is 12.3 Å². The van der Waals surface area contributed by atoms with Gasteiger partial charge in [-0.3, -0.25) is 4.79 Å². The highest BCUT2D eigenvalue weighted by Crippen LogP contribution is 2.27. The minimum absolute atomic E-state index is 0. The highest BCUT2D eigenvalue weighted by molar-refractivity contribution is 6.03. The Bertz CT molecular complexity index is 806. The van der Waals surface area contributed by atoms with Crippen LogP contribution in [0, 0.1) is 6.92 Å². The van der Waals surface area contributed by atoms with Crippen LogP contribution in [0.4, 0.5) is 18.9 Å². The molecule has 1 aromatic heterocycles. The van der Waals surface area contributed by atoms with Crippen LogP contribution in [-0.2, 0) is 0 Å². The summed E-state index contributed by atoms with van der Waals surface area (Å²) >= 11 is 0. The van der Waals surface area contributed by atoms with E-state index in [1.54, 1.807) is 23.9 Å². The van der Waals surface area contributed by atoms with Crippen LogP contribution in [-0.4, -0.2) is 46.8 Å². The fraction of sp³-hybridized carbons (Fsp3) is 0.471. The van der Waals surface area contributed by atoms with Crippen molar-refractivity contribution in [3.05, 3.63) is 35.7 Å². The van der Waals surface area contributed by atoms with E-state index < -0.39 is 18.7 Å². The molecule has 1 aromatic carbocycles. The minimum atomic E-state index is -4.43. The smallest absolute Gasteiger partial charge is 0.422 e. The summed E-state index contributed by atoms with van der Waals surface area (Å²) in [6.45, 7) is 1.95. The number of aromatic nitrogens is 3. The Morgan fingerprint density at radius 1 is 1.36 bits per heavy atom. The number of anilines is 1. The van der Waals surface area contributed by atoms with Gasteiger partial charge in [-0.2, -0.15) is 13.2 Å². The molecule has 3 rings (SSSR count). The van der Waals surface area contributed by atoms with E-state index in [0.717, 1.165) is 25.9 Å². The molecule has 2 heterocycles. The third-order valence-corrected chi connectivity index (χ3v) is 4.35. The second-order valence-electron chi connectivity index (χ2n) is 6.35. The molecule has 1 aliphatic heterocycles. The zero-order valence-corrected chi connectivity index (χ0v) is 15.9. The Labute approximate surface area is 166 Å². The molecule has 1 fully saturated rings. The van der Waals surface area contributed by atoms with E-state index in [4.69, 9.17) is 4.74 Å². The van der Waals surface area contributed by atoms with Crippen LogP contribution in [0.25, 0.3) is 0 Å². The number of hydrogen-bond donors (Lipinski definition) is 2. The van der Waals surface area contributed by atoms with Gasteiger partial charge in [0.05, 0.1) is 12.2 Å². The summed E-state index contributed by atoms with van der Waals surface area (Å²) in [5.74, 6) is -0.422. The van der Waals surface area contributed by atoms with E-state index in [1.165, 1.54) is 12.1 Å². The third-order valence-electron chi connectivity index (χ3n) is 4.35. The molecule has 0 unspecified atom stereocenters. The van der Waals surface area contributed by atoms with Gasteiger partial charge in [-0.1, -0.05) is 11.3 Å². The second kappa shape index (κ2) is 9.24. The topological polar surface area (TPSA) is 81.1 Å². The molecule has 0 bridgehead atoms. The Morgan fingerprint density at radius 2 is 2.07 bits per heavy atom. The van der Waals surface area contributed by atoms with Crippen LogP contribution in [0.2, 0.25) is 0 Å². The zero-order chi connectivity index (χ0) is 19.4. The average Bonchev–Trinajstić information content (AvgIpc) is 3.13. The van der Waals surface area contributed by atoms with Crippen LogP contribution in [0.1, 0.15) is 34.9 Å². The number of benzene rings is 1. The van der Waals surface area contributed by atoms with Gasteiger partial charge >= 0.3 is 6.18 Å². The predicted molar refractivity (Wildman–Crippen MR) is 99.1 cm³/mol. The molecule has 0 spiro atoms. The normalized spacial score (nSPS) is 15.0. The van der Waals surface area contributed by atoms with Gasteiger partial charge in [-0.25, -0.2) is 4.68 Å². The van der Waals surface area contributed by atoms with Crippen molar-refractivity contribution in [1.29, 1.82) is 0 Å². The first-order valence-corrected chi connectivity index (χ1v) is 8.56. The maximum atomic E-state index is 12.4. The Kier molecular flexibility index (Phi) is 7.25. The number of alkyl halides is 3. The SMILES string of the molecule is Cc1c(NC(=O)c2cn(C3CCNCC3)nn2)cccc1OCC(F)(F)F.Cl. The molecule has 154 valence electrons. The monoisotopic (exact) mass is 419 g/mol. The predicted octanol–water partition coefficient (Wildman–Crippen LogP) is 3.13. The van der Waals surface area contributed by atoms with Gasteiger partial charge in [0.2, 0.25) is 0 Å². The van der Waals surface area contributed by atoms with Gasteiger partial charge in [0, 0.05) is 11.3 Å². The average molecular weight is 420 g/mol. The van der Waals surface area contributed by atoms with E-state index in [0.29, 0.717) is 11.3 Å². The zero-order valence-electron chi connectivity index (χ0n) is 15.1. The second-order valence-corrected chi connectivity index (χ2v) is 6.35. The van der Waals surface area contributed by atoms with Crippen molar-refractivity contribution < 1.29 is 22.7 Å². The Balaban J connectivity index is 0.00000280. The summed E-state index contributed by atoms with van der Waals surface area (Å²) in [5.41, 5.74) is 0.909. The van der Waals surface area contributed by atoms with E-state index in [9.17, 15) is 18.0 Å². The number of halogens is 4. The highest BCUT2D eigenvalue weighted by Gasteiger charge is 2.29. The fourth-order valence-electron chi connectivity index (χ4n) is 2.88. The molecule has 1 aliphatic rings. The maximum absolute atomic E-state index is 12.4. The number of carbonyl (C=O) groups is 1. The van der Waals surface area contributed by atoms with Crippen molar-refractivity contribution in [1.82, 2.24) is 20.3 Å². The number of piperidine rings is 1. The summed E-state index contributed by atoms with van der Waals surface area (Å²) in [5, 5.41) is 13.8. The summed E-state index contributed by atoms with van der Waals surface area (Å²) in [4.78, 5) is 12.4. The minimum Gasteiger partial charge on any atom is -0.484 e. The Morgan fingerprint density at radius 3 is 2.75 bits per heavy atom. The molecule has 2 N–H and O–H groups in total. The van der Waals surface area contributed by atoms with Crippen molar-refractivity contribution in [3.63, 3.8) is 0 Å². The number of hydrogen-bond acceptors (Lipinski definition) is 5. The molecule has 0 atom stereocenters. The number of carbonyl (C=O) groups excluding carboxylic acids is 1. The molecule has 1 amide bonds. The summed E-state index contributed by atoms with van der Waals surface area (Å²) in [6, 6.07) is 4.72. The summed E-state index contributed by atoms with van der Waals surface area (Å²) < 4.78 is 43.5. The molecule has 0 saturated carbocycles. The first-order valence-electron chi connectivity index (χ1n) is 8.56. The molecular formula is C17H21ClF3N5O2. The Hall–Kier alpha value is -2.33. The van der Waals surface area contributed by atoms with Crippen molar-refractivity contribution in [2.75, 3.05) is 25.0 Å². The van der Waals surface area contributed by atoms with Crippen LogP contribution in [0.3, 0.4) is 0 Å². The summed E-state index contributed by atoms with van der Waals surface area (Å²) in [6.07, 6.45) is -1.03. The fourth-order valence-corrected chi connectivity index (χ4v) is 2.88. The van der Waals surface area contributed by atoms with Crippen molar-refractivity contribution in [3.8, 4) is 5.75 Å². The molecular weight excluding hydrogens is 399 g/mol. The standard InChI is InChI=1S/C17H20F3N5O2.ClH/c1-11-13(3-2-4-15(11)27-10-17(18,19)20)22-16(26)14-9-25(24-23-14)12-5-7-21-8-6-12;/h2-4,9,12,21H,5-8,10H2,1H3,(H,22,26);1H.